The standard InChI is InChI=1S/C14H23ClN2O/c1-14(2,9-16)10-17(3)8-11-7-12(18-4)5-6-13(11)15/h5-7H,8-10,16H2,1-4H3. The average molecular weight is 271 g/mol. The summed E-state index contributed by atoms with van der Waals surface area (Å²) in [6.45, 7) is 6.72. The summed E-state index contributed by atoms with van der Waals surface area (Å²) in [4.78, 5) is 2.23. The van der Waals surface area contributed by atoms with Gasteiger partial charge in [0.05, 0.1) is 7.11 Å². The van der Waals surface area contributed by atoms with Crippen LogP contribution in [0.1, 0.15) is 19.4 Å². The number of nitrogens with two attached hydrogens (primary N) is 1. The lowest BCUT2D eigenvalue weighted by Crippen LogP contribution is -2.36. The fourth-order valence-corrected chi connectivity index (χ4v) is 2.12. The van der Waals surface area contributed by atoms with Gasteiger partial charge in [-0.2, -0.15) is 0 Å². The van der Waals surface area contributed by atoms with Gasteiger partial charge in [0.1, 0.15) is 5.75 Å². The molecule has 0 fully saturated rings. The van der Waals surface area contributed by atoms with E-state index in [1.54, 1.807) is 7.11 Å². The van der Waals surface area contributed by atoms with Gasteiger partial charge in [-0.25, -0.2) is 0 Å². The minimum absolute atomic E-state index is 0.111. The molecule has 0 saturated carbocycles. The Hall–Kier alpha value is -0.770. The molecule has 18 heavy (non-hydrogen) atoms. The maximum absolute atomic E-state index is 6.20. The average Bonchev–Trinajstić information content (AvgIpc) is 2.31. The van der Waals surface area contributed by atoms with Gasteiger partial charge >= 0.3 is 0 Å². The highest BCUT2D eigenvalue weighted by Gasteiger charge is 2.18. The fourth-order valence-electron chi connectivity index (χ4n) is 1.94. The zero-order valence-electron chi connectivity index (χ0n) is 11.7. The van der Waals surface area contributed by atoms with E-state index >= 15 is 0 Å². The molecule has 0 aliphatic carbocycles. The fraction of sp³-hybridized carbons (Fsp3) is 0.571. The van der Waals surface area contributed by atoms with Crippen molar-refractivity contribution in [3.63, 3.8) is 0 Å². The Labute approximate surface area is 115 Å². The van der Waals surface area contributed by atoms with Crippen LogP contribution in [0.4, 0.5) is 0 Å². The van der Waals surface area contributed by atoms with Crippen molar-refractivity contribution in [3.05, 3.63) is 28.8 Å². The lowest BCUT2D eigenvalue weighted by molar-refractivity contribution is 0.210. The molecule has 1 aromatic rings. The third kappa shape index (κ3) is 4.48. The van der Waals surface area contributed by atoms with Crippen LogP contribution in [0.25, 0.3) is 0 Å². The lowest BCUT2D eigenvalue weighted by atomic mass is 9.93. The van der Waals surface area contributed by atoms with Crippen LogP contribution in [0.2, 0.25) is 5.02 Å². The van der Waals surface area contributed by atoms with Crippen molar-refractivity contribution in [2.45, 2.75) is 20.4 Å². The van der Waals surface area contributed by atoms with E-state index in [9.17, 15) is 0 Å². The van der Waals surface area contributed by atoms with Gasteiger partial charge in [-0.3, -0.25) is 0 Å². The van der Waals surface area contributed by atoms with Gasteiger partial charge in [-0.05, 0) is 42.8 Å². The van der Waals surface area contributed by atoms with Crippen LogP contribution in [0, 0.1) is 5.41 Å². The number of halogens is 1. The Morgan fingerprint density at radius 1 is 1.39 bits per heavy atom. The summed E-state index contributed by atoms with van der Waals surface area (Å²) in [6.07, 6.45) is 0. The highest BCUT2D eigenvalue weighted by molar-refractivity contribution is 6.31. The first kappa shape index (κ1) is 15.3. The Balaban J connectivity index is 2.72. The first-order valence-corrected chi connectivity index (χ1v) is 6.47. The monoisotopic (exact) mass is 270 g/mol. The molecule has 1 aromatic carbocycles. The lowest BCUT2D eigenvalue weighted by Gasteiger charge is -2.29. The second-order valence-electron chi connectivity index (χ2n) is 5.50. The number of benzene rings is 1. The van der Waals surface area contributed by atoms with E-state index < -0.39 is 0 Å². The van der Waals surface area contributed by atoms with E-state index in [0.29, 0.717) is 6.54 Å². The van der Waals surface area contributed by atoms with Gasteiger partial charge in [0, 0.05) is 18.1 Å². The van der Waals surface area contributed by atoms with Crippen LogP contribution >= 0.6 is 11.6 Å². The summed E-state index contributed by atoms with van der Waals surface area (Å²) < 4.78 is 5.22. The molecule has 4 heteroatoms. The Morgan fingerprint density at radius 2 is 2.06 bits per heavy atom. The van der Waals surface area contributed by atoms with Crippen LogP contribution in [0.5, 0.6) is 5.75 Å². The first-order chi connectivity index (χ1) is 8.38. The zero-order valence-corrected chi connectivity index (χ0v) is 12.4. The SMILES string of the molecule is COc1ccc(Cl)c(CN(C)CC(C)(C)CN)c1. The summed E-state index contributed by atoms with van der Waals surface area (Å²) in [5, 5.41) is 0.771. The van der Waals surface area contributed by atoms with E-state index in [0.717, 1.165) is 29.4 Å². The van der Waals surface area contributed by atoms with Gasteiger partial charge in [0.2, 0.25) is 0 Å². The minimum Gasteiger partial charge on any atom is -0.497 e. The first-order valence-electron chi connectivity index (χ1n) is 6.09. The molecule has 102 valence electrons. The maximum atomic E-state index is 6.20. The number of rotatable bonds is 6. The maximum Gasteiger partial charge on any atom is 0.119 e. The number of methoxy groups -OCH3 is 1. The Kier molecular flexibility index (Phi) is 5.45. The van der Waals surface area contributed by atoms with Crippen molar-refractivity contribution in [2.24, 2.45) is 11.1 Å². The van der Waals surface area contributed by atoms with E-state index in [2.05, 4.69) is 25.8 Å². The largest absolute Gasteiger partial charge is 0.497 e. The molecule has 0 unspecified atom stereocenters. The van der Waals surface area contributed by atoms with E-state index in [4.69, 9.17) is 22.1 Å². The van der Waals surface area contributed by atoms with Gasteiger partial charge < -0.3 is 15.4 Å². The Bertz CT molecular complexity index is 393. The summed E-state index contributed by atoms with van der Waals surface area (Å²) >= 11 is 6.20. The molecule has 0 saturated heterocycles. The van der Waals surface area contributed by atoms with Crippen molar-refractivity contribution < 1.29 is 4.74 Å². The number of hydrogen-bond donors (Lipinski definition) is 1. The molecule has 0 radical (unpaired) electrons. The smallest absolute Gasteiger partial charge is 0.119 e. The van der Waals surface area contributed by atoms with Crippen molar-refractivity contribution in [2.75, 3.05) is 27.2 Å². The normalized spacial score (nSPS) is 11.9. The molecule has 0 aliphatic heterocycles. The molecule has 0 aromatic heterocycles. The quantitative estimate of drug-likeness (QED) is 0.864. The summed E-state index contributed by atoms with van der Waals surface area (Å²) in [7, 11) is 3.74. The van der Waals surface area contributed by atoms with Crippen molar-refractivity contribution >= 4 is 11.6 Å². The van der Waals surface area contributed by atoms with Crippen molar-refractivity contribution in [1.29, 1.82) is 0 Å². The van der Waals surface area contributed by atoms with Gasteiger partial charge in [-0.15, -0.1) is 0 Å². The molecule has 0 bridgehead atoms. The number of ether oxygens (including phenoxy) is 1. The van der Waals surface area contributed by atoms with Crippen LogP contribution in [-0.4, -0.2) is 32.1 Å². The highest BCUT2D eigenvalue weighted by Crippen LogP contribution is 2.24. The van der Waals surface area contributed by atoms with Crippen LogP contribution < -0.4 is 10.5 Å². The van der Waals surface area contributed by atoms with Crippen molar-refractivity contribution in [1.82, 2.24) is 4.90 Å². The molecule has 0 heterocycles. The third-order valence-corrected chi connectivity index (χ3v) is 3.31. The third-order valence-electron chi connectivity index (χ3n) is 2.94. The van der Waals surface area contributed by atoms with Gasteiger partial charge in [0.25, 0.3) is 0 Å². The molecular formula is C14H23ClN2O. The highest BCUT2D eigenvalue weighted by atomic mass is 35.5. The molecule has 0 atom stereocenters. The van der Waals surface area contributed by atoms with Crippen molar-refractivity contribution in [3.8, 4) is 5.75 Å². The second-order valence-corrected chi connectivity index (χ2v) is 5.91. The number of hydrogen-bond acceptors (Lipinski definition) is 3. The molecule has 3 nitrogen and oxygen atoms in total. The van der Waals surface area contributed by atoms with Gasteiger partial charge in [0.15, 0.2) is 0 Å². The van der Waals surface area contributed by atoms with Crippen LogP contribution in [0.3, 0.4) is 0 Å². The molecule has 0 amide bonds. The summed E-state index contributed by atoms with van der Waals surface area (Å²) in [5.74, 6) is 0.834. The molecule has 0 aliphatic rings. The Morgan fingerprint density at radius 3 is 2.61 bits per heavy atom. The van der Waals surface area contributed by atoms with E-state index in [1.165, 1.54) is 0 Å². The summed E-state index contributed by atoms with van der Waals surface area (Å²) in [6, 6.07) is 5.72. The molecule has 0 spiro atoms. The second kappa shape index (κ2) is 6.41. The van der Waals surface area contributed by atoms with E-state index in [1.807, 2.05) is 18.2 Å². The predicted octanol–water partition coefficient (Wildman–Crippen LogP) is 2.77. The predicted molar refractivity (Wildman–Crippen MR) is 77.2 cm³/mol. The topological polar surface area (TPSA) is 38.5 Å². The zero-order chi connectivity index (χ0) is 13.8. The van der Waals surface area contributed by atoms with E-state index in [-0.39, 0.29) is 5.41 Å². The van der Waals surface area contributed by atoms with Crippen LogP contribution in [0.15, 0.2) is 18.2 Å². The number of nitrogens with zero attached hydrogens (tertiary/aromatic N) is 1. The van der Waals surface area contributed by atoms with Crippen LogP contribution in [-0.2, 0) is 6.54 Å². The van der Waals surface area contributed by atoms with Gasteiger partial charge in [-0.1, -0.05) is 25.4 Å². The molecule has 2 N–H and O–H groups in total. The minimum atomic E-state index is 0.111. The summed E-state index contributed by atoms with van der Waals surface area (Å²) in [5.41, 5.74) is 6.94. The molecular weight excluding hydrogens is 248 g/mol. The molecule has 1 rings (SSSR count).